The Hall–Kier alpha value is -4.24. The van der Waals surface area contributed by atoms with E-state index < -0.39 is 5.82 Å². The Labute approximate surface area is 165 Å². The molecule has 0 aliphatic heterocycles. The van der Waals surface area contributed by atoms with Crippen LogP contribution in [0.15, 0.2) is 48.8 Å². The van der Waals surface area contributed by atoms with Gasteiger partial charge in [0.2, 0.25) is 0 Å². The number of pyridine rings is 2. The lowest BCUT2D eigenvalue weighted by Crippen LogP contribution is -1.93. The van der Waals surface area contributed by atoms with Crippen LogP contribution in [0.4, 0.5) is 8.78 Å². The van der Waals surface area contributed by atoms with Gasteiger partial charge in [-0.15, -0.1) is 0 Å². The second-order valence-electron chi connectivity index (χ2n) is 5.20. The smallest absolute Gasteiger partial charge is 0.187 e. The van der Waals surface area contributed by atoms with Crippen molar-refractivity contribution >= 4 is 0 Å². The topological polar surface area (TPSA) is 101 Å². The highest BCUT2D eigenvalue weighted by atomic mass is 19.1. The summed E-state index contributed by atoms with van der Waals surface area (Å²) in [7, 11) is 2.80. The number of hydrogen-bond acceptors (Lipinski definition) is 7. The number of halogens is 2. The van der Waals surface area contributed by atoms with E-state index in [4.69, 9.17) is 20.0 Å². The van der Waals surface area contributed by atoms with Crippen molar-refractivity contribution in [2.45, 2.75) is 0 Å². The van der Waals surface area contributed by atoms with Gasteiger partial charge in [0.1, 0.15) is 35.1 Å². The van der Waals surface area contributed by atoms with E-state index in [0.29, 0.717) is 17.2 Å². The van der Waals surface area contributed by atoms with E-state index in [2.05, 4.69) is 14.7 Å². The Balaban J connectivity index is 0.000000234. The van der Waals surface area contributed by atoms with Crippen LogP contribution in [0.1, 0.15) is 11.4 Å². The number of nitriles is 2. The van der Waals surface area contributed by atoms with Gasteiger partial charge in [0.25, 0.3) is 0 Å². The van der Waals surface area contributed by atoms with Gasteiger partial charge >= 0.3 is 0 Å². The van der Waals surface area contributed by atoms with Crippen LogP contribution < -0.4 is 14.2 Å². The van der Waals surface area contributed by atoms with Crippen molar-refractivity contribution in [1.82, 2.24) is 9.97 Å². The Morgan fingerprint density at radius 2 is 1.34 bits per heavy atom. The summed E-state index contributed by atoms with van der Waals surface area (Å²) in [5.74, 6) is 0.352. The van der Waals surface area contributed by atoms with Crippen LogP contribution in [0.3, 0.4) is 0 Å². The summed E-state index contributed by atoms with van der Waals surface area (Å²) in [5, 5.41) is 17.1. The van der Waals surface area contributed by atoms with E-state index in [9.17, 15) is 8.78 Å². The third-order valence-electron chi connectivity index (χ3n) is 3.36. The molecule has 2 heterocycles. The molecule has 0 fully saturated rings. The van der Waals surface area contributed by atoms with E-state index in [1.54, 1.807) is 6.07 Å². The van der Waals surface area contributed by atoms with E-state index in [0.717, 1.165) is 6.20 Å². The van der Waals surface area contributed by atoms with Crippen LogP contribution >= 0.6 is 0 Å². The minimum atomic E-state index is -0.563. The Morgan fingerprint density at radius 1 is 0.793 bits per heavy atom. The van der Waals surface area contributed by atoms with E-state index in [1.807, 2.05) is 6.07 Å². The number of methoxy groups -OCH3 is 2. The molecule has 2 aromatic heterocycles. The molecular weight excluding hydrogens is 382 g/mol. The first-order valence-electron chi connectivity index (χ1n) is 7.98. The lowest BCUT2D eigenvalue weighted by atomic mass is 10.3. The summed E-state index contributed by atoms with van der Waals surface area (Å²) in [6.45, 7) is 0. The third kappa shape index (κ3) is 5.88. The maximum absolute atomic E-state index is 12.7. The quantitative estimate of drug-likeness (QED) is 0.657. The number of ether oxygens (including phenoxy) is 3. The van der Waals surface area contributed by atoms with Gasteiger partial charge < -0.3 is 14.2 Å². The Kier molecular flexibility index (Phi) is 7.40. The average molecular weight is 396 g/mol. The molecule has 3 rings (SSSR count). The maximum atomic E-state index is 12.7. The molecule has 0 atom stereocenters. The molecule has 0 radical (unpaired) electrons. The van der Waals surface area contributed by atoms with Crippen molar-refractivity contribution in [3.8, 4) is 35.1 Å². The first-order chi connectivity index (χ1) is 14.0. The van der Waals surface area contributed by atoms with Crippen LogP contribution in [0.5, 0.6) is 23.0 Å². The summed E-state index contributed by atoms with van der Waals surface area (Å²) < 4.78 is 40.6. The van der Waals surface area contributed by atoms with E-state index >= 15 is 0 Å². The molecular formula is C20H14F2N4O3. The minimum absolute atomic E-state index is 0.0385. The van der Waals surface area contributed by atoms with Crippen LogP contribution in [-0.4, -0.2) is 24.2 Å². The number of benzene rings is 1. The fraction of sp³-hybridized carbons (Fsp3) is 0.100. The normalized spacial score (nSPS) is 9.31. The summed E-state index contributed by atoms with van der Waals surface area (Å²) in [6, 6.07) is 12.0. The number of aromatic nitrogens is 2. The van der Waals surface area contributed by atoms with Gasteiger partial charge in [-0.05, 0) is 24.3 Å². The van der Waals surface area contributed by atoms with Crippen LogP contribution in [0.25, 0.3) is 0 Å². The lowest BCUT2D eigenvalue weighted by molar-refractivity contribution is 0.377. The largest absolute Gasteiger partial charge is 0.494 e. The van der Waals surface area contributed by atoms with Crippen LogP contribution in [-0.2, 0) is 0 Å². The molecule has 0 bridgehead atoms. The zero-order valence-electron chi connectivity index (χ0n) is 15.4. The average Bonchev–Trinajstić information content (AvgIpc) is 2.76. The first-order valence-corrected chi connectivity index (χ1v) is 7.98. The maximum Gasteiger partial charge on any atom is 0.187 e. The summed E-state index contributed by atoms with van der Waals surface area (Å²) in [4.78, 5) is 7.37. The summed E-state index contributed by atoms with van der Waals surface area (Å²) in [5.41, 5.74) is 0.376. The molecule has 0 N–H and O–H groups in total. The Bertz CT molecular complexity index is 1060. The highest BCUT2D eigenvalue weighted by Crippen LogP contribution is 2.30. The first kappa shape index (κ1) is 21.1. The summed E-state index contributed by atoms with van der Waals surface area (Å²) >= 11 is 0. The summed E-state index contributed by atoms with van der Waals surface area (Å²) in [6.07, 6.45) is 2.35. The molecule has 0 aliphatic rings. The van der Waals surface area contributed by atoms with Gasteiger partial charge in [-0.25, -0.2) is 18.7 Å². The van der Waals surface area contributed by atoms with Gasteiger partial charge in [0.15, 0.2) is 23.1 Å². The Morgan fingerprint density at radius 3 is 1.90 bits per heavy atom. The number of rotatable bonds is 4. The number of nitrogens with zero attached hydrogens (tertiary/aromatic N) is 4. The van der Waals surface area contributed by atoms with Gasteiger partial charge in [-0.1, -0.05) is 0 Å². The van der Waals surface area contributed by atoms with Gasteiger partial charge in [-0.2, -0.15) is 10.5 Å². The minimum Gasteiger partial charge on any atom is -0.494 e. The molecule has 9 heteroatoms. The van der Waals surface area contributed by atoms with Crippen LogP contribution in [0, 0.1) is 34.3 Å². The van der Waals surface area contributed by atoms with Gasteiger partial charge in [0.05, 0.1) is 26.6 Å². The zero-order chi connectivity index (χ0) is 21.2. The lowest BCUT2D eigenvalue weighted by Gasteiger charge is -2.09. The van der Waals surface area contributed by atoms with Crippen molar-refractivity contribution in [3.63, 3.8) is 0 Å². The van der Waals surface area contributed by atoms with Gasteiger partial charge in [-0.3, -0.25) is 0 Å². The fourth-order valence-electron chi connectivity index (χ4n) is 1.99. The molecule has 1 aromatic carbocycles. The molecule has 29 heavy (non-hydrogen) atoms. The van der Waals surface area contributed by atoms with Crippen molar-refractivity contribution < 1.29 is 23.0 Å². The van der Waals surface area contributed by atoms with E-state index in [-0.39, 0.29) is 23.0 Å². The molecule has 0 unspecified atom stereocenters. The van der Waals surface area contributed by atoms with Crippen molar-refractivity contribution in [2.75, 3.05) is 14.2 Å². The molecule has 7 nitrogen and oxygen atoms in total. The fourth-order valence-corrected chi connectivity index (χ4v) is 1.99. The molecule has 0 aliphatic carbocycles. The molecule has 0 saturated heterocycles. The molecule has 0 saturated carbocycles. The second-order valence-corrected chi connectivity index (χ2v) is 5.20. The molecule has 0 spiro atoms. The third-order valence-corrected chi connectivity index (χ3v) is 3.36. The number of hydrogen-bond donors (Lipinski definition) is 0. The predicted molar refractivity (Wildman–Crippen MR) is 97.4 cm³/mol. The van der Waals surface area contributed by atoms with E-state index in [1.165, 1.54) is 56.8 Å². The van der Waals surface area contributed by atoms with Crippen molar-refractivity contribution in [1.29, 1.82) is 10.5 Å². The predicted octanol–water partition coefficient (Wildman–Crippen LogP) is 3.99. The SMILES string of the molecule is COc1cc(C#N)ncc1F.COc1cc(C#N)ncc1Oc1ccc(F)cc1. The highest BCUT2D eigenvalue weighted by molar-refractivity contribution is 5.44. The molecule has 0 amide bonds. The van der Waals surface area contributed by atoms with Crippen molar-refractivity contribution in [2.24, 2.45) is 0 Å². The monoisotopic (exact) mass is 396 g/mol. The van der Waals surface area contributed by atoms with Gasteiger partial charge in [0, 0.05) is 12.1 Å². The highest BCUT2D eigenvalue weighted by Gasteiger charge is 2.08. The zero-order valence-corrected chi connectivity index (χ0v) is 15.4. The van der Waals surface area contributed by atoms with Crippen molar-refractivity contribution in [3.05, 3.63) is 71.8 Å². The van der Waals surface area contributed by atoms with Crippen LogP contribution in [0.2, 0.25) is 0 Å². The standard InChI is InChI=1S/C13H9FN2O2.C7H5FN2O/c1-17-12-6-10(7-15)16-8-13(12)18-11-4-2-9(14)3-5-11;1-11-7-2-5(3-9)10-4-6(7)8/h2-6,8H,1H3;2,4H,1H3. The molecule has 3 aromatic rings. The second kappa shape index (κ2) is 10.2. The molecule has 146 valence electrons.